The van der Waals surface area contributed by atoms with E-state index in [2.05, 4.69) is 4.98 Å². The van der Waals surface area contributed by atoms with Crippen LogP contribution < -0.4 is 16.0 Å². The van der Waals surface area contributed by atoms with Crippen molar-refractivity contribution in [3.63, 3.8) is 0 Å². The van der Waals surface area contributed by atoms with E-state index in [1.165, 1.54) is 10.9 Å². The summed E-state index contributed by atoms with van der Waals surface area (Å²) in [4.78, 5) is 16.3. The Balaban J connectivity index is 2.05. The first-order chi connectivity index (χ1) is 10.0. The molecular weight excluding hydrogens is 266 g/mol. The van der Waals surface area contributed by atoms with Crippen LogP contribution in [0.2, 0.25) is 0 Å². The lowest BCUT2D eigenvalue weighted by Gasteiger charge is -2.10. The average molecular weight is 281 g/mol. The number of benzene rings is 2. The lowest BCUT2D eigenvalue weighted by molar-refractivity contribution is 0.479. The number of hydrogen-bond acceptors (Lipinski definition) is 4. The Labute approximate surface area is 121 Å². The van der Waals surface area contributed by atoms with Gasteiger partial charge in [-0.15, -0.1) is 0 Å². The number of ether oxygens (including phenoxy) is 1. The number of fused-ring (bicyclic) bond motifs is 1. The van der Waals surface area contributed by atoms with Crippen LogP contribution in [0.5, 0.6) is 11.5 Å². The van der Waals surface area contributed by atoms with E-state index in [1.807, 2.05) is 19.1 Å². The van der Waals surface area contributed by atoms with Crippen molar-refractivity contribution in [2.24, 2.45) is 7.05 Å². The van der Waals surface area contributed by atoms with E-state index in [4.69, 9.17) is 10.5 Å². The van der Waals surface area contributed by atoms with Crippen molar-refractivity contribution in [3.05, 3.63) is 58.6 Å². The van der Waals surface area contributed by atoms with Gasteiger partial charge in [0.2, 0.25) is 0 Å². The van der Waals surface area contributed by atoms with E-state index < -0.39 is 0 Å². The van der Waals surface area contributed by atoms with Crippen LogP contribution in [-0.4, -0.2) is 9.55 Å². The number of aromatic nitrogens is 2. The molecule has 1 heterocycles. The van der Waals surface area contributed by atoms with Crippen molar-refractivity contribution in [1.82, 2.24) is 9.55 Å². The van der Waals surface area contributed by atoms with E-state index in [0.717, 1.165) is 5.56 Å². The van der Waals surface area contributed by atoms with Gasteiger partial charge in [0.15, 0.2) is 0 Å². The van der Waals surface area contributed by atoms with Gasteiger partial charge in [-0.1, -0.05) is 0 Å². The fourth-order valence-electron chi connectivity index (χ4n) is 2.17. The van der Waals surface area contributed by atoms with Gasteiger partial charge in [-0.05, 0) is 48.9 Å². The molecule has 0 saturated heterocycles. The third-order valence-electron chi connectivity index (χ3n) is 3.32. The lowest BCUT2D eigenvalue weighted by Crippen LogP contribution is -2.16. The van der Waals surface area contributed by atoms with Crippen LogP contribution in [0.25, 0.3) is 10.9 Å². The molecular formula is C16H15N3O2. The standard InChI is InChI=1S/C16H15N3O2/c1-10-7-11(17)3-6-15(10)21-12-4-5-14-13(8-12)16(20)19(2)9-18-14/h3-9H,17H2,1-2H3. The smallest absolute Gasteiger partial charge is 0.261 e. The molecule has 0 aliphatic heterocycles. The van der Waals surface area contributed by atoms with Crippen LogP contribution in [0.1, 0.15) is 5.56 Å². The summed E-state index contributed by atoms with van der Waals surface area (Å²) in [6.07, 6.45) is 1.51. The predicted molar refractivity (Wildman–Crippen MR) is 82.6 cm³/mol. The Kier molecular flexibility index (Phi) is 3.10. The highest BCUT2D eigenvalue weighted by molar-refractivity contribution is 5.79. The molecule has 0 amide bonds. The summed E-state index contributed by atoms with van der Waals surface area (Å²) >= 11 is 0. The van der Waals surface area contributed by atoms with Crippen molar-refractivity contribution in [2.75, 3.05) is 5.73 Å². The molecule has 2 N–H and O–H groups in total. The highest BCUT2D eigenvalue weighted by Crippen LogP contribution is 2.27. The molecule has 0 aliphatic carbocycles. The maximum Gasteiger partial charge on any atom is 0.261 e. The first-order valence-electron chi connectivity index (χ1n) is 6.54. The maximum atomic E-state index is 12.1. The Morgan fingerprint density at radius 3 is 2.76 bits per heavy atom. The molecule has 0 aliphatic rings. The molecule has 0 fully saturated rings. The molecule has 0 unspecified atom stereocenters. The largest absolute Gasteiger partial charge is 0.457 e. The van der Waals surface area contributed by atoms with Crippen molar-refractivity contribution in [3.8, 4) is 11.5 Å². The highest BCUT2D eigenvalue weighted by atomic mass is 16.5. The van der Waals surface area contributed by atoms with Gasteiger partial charge in [0.05, 0.1) is 17.2 Å². The van der Waals surface area contributed by atoms with E-state index in [1.54, 1.807) is 31.3 Å². The van der Waals surface area contributed by atoms with E-state index >= 15 is 0 Å². The Bertz CT molecular complexity index is 884. The molecule has 0 bridgehead atoms. The molecule has 0 saturated carbocycles. The summed E-state index contributed by atoms with van der Waals surface area (Å²) in [5.74, 6) is 1.31. The molecule has 2 aromatic carbocycles. The Hall–Kier alpha value is -2.82. The Morgan fingerprint density at radius 2 is 2.00 bits per heavy atom. The molecule has 0 atom stereocenters. The van der Waals surface area contributed by atoms with Gasteiger partial charge in [0, 0.05) is 12.7 Å². The zero-order valence-corrected chi connectivity index (χ0v) is 11.8. The fourth-order valence-corrected chi connectivity index (χ4v) is 2.17. The number of nitrogens with zero attached hydrogens (tertiary/aromatic N) is 2. The molecule has 0 spiro atoms. The van der Waals surface area contributed by atoms with Gasteiger partial charge in [0.25, 0.3) is 5.56 Å². The number of rotatable bonds is 2. The van der Waals surface area contributed by atoms with Crippen LogP contribution >= 0.6 is 0 Å². The average Bonchev–Trinajstić information content (AvgIpc) is 2.46. The van der Waals surface area contributed by atoms with Crippen LogP contribution in [0.4, 0.5) is 5.69 Å². The number of hydrogen-bond donors (Lipinski definition) is 1. The predicted octanol–water partition coefficient (Wildman–Crippen LogP) is 2.62. The summed E-state index contributed by atoms with van der Waals surface area (Å²) in [5.41, 5.74) is 7.91. The van der Waals surface area contributed by atoms with E-state index in [9.17, 15) is 4.79 Å². The van der Waals surface area contributed by atoms with Crippen molar-refractivity contribution in [2.45, 2.75) is 6.92 Å². The lowest BCUT2D eigenvalue weighted by atomic mass is 10.2. The Morgan fingerprint density at radius 1 is 1.19 bits per heavy atom. The third-order valence-corrected chi connectivity index (χ3v) is 3.32. The number of aryl methyl sites for hydroxylation is 2. The normalized spacial score (nSPS) is 10.8. The fraction of sp³-hybridized carbons (Fsp3) is 0.125. The van der Waals surface area contributed by atoms with E-state index in [0.29, 0.717) is 28.1 Å². The van der Waals surface area contributed by atoms with Gasteiger partial charge < -0.3 is 15.0 Å². The van der Waals surface area contributed by atoms with Gasteiger partial charge in [-0.25, -0.2) is 4.98 Å². The van der Waals surface area contributed by atoms with Gasteiger partial charge in [-0.3, -0.25) is 4.79 Å². The summed E-state index contributed by atoms with van der Waals surface area (Å²) in [6.45, 7) is 1.92. The highest BCUT2D eigenvalue weighted by Gasteiger charge is 2.06. The molecule has 1 aromatic heterocycles. The molecule has 5 heteroatoms. The second-order valence-corrected chi connectivity index (χ2v) is 4.97. The molecule has 5 nitrogen and oxygen atoms in total. The summed E-state index contributed by atoms with van der Waals surface area (Å²) < 4.78 is 7.28. The molecule has 3 rings (SSSR count). The topological polar surface area (TPSA) is 70.1 Å². The van der Waals surface area contributed by atoms with Crippen molar-refractivity contribution >= 4 is 16.6 Å². The van der Waals surface area contributed by atoms with Gasteiger partial charge in [0.1, 0.15) is 11.5 Å². The number of nitrogens with two attached hydrogens (primary N) is 1. The minimum absolute atomic E-state index is 0.0977. The molecule has 106 valence electrons. The van der Waals surface area contributed by atoms with Crippen LogP contribution in [0.3, 0.4) is 0 Å². The van der Waals surface area contributed by atoms with Gasteiger partial charge in [-0.2, -0.15) is 0 Å². The van der Waals surface area contributed by atoms with Gasteiger partial charge >= 0.3 is 0 Å². The van der Waals surface area contributed by atoms with Crippen molar-refractivity contribution < 1.29 is 4.74 Å². The first kappa shape index (κ1) is 13.2. The summed E-state index contributed by atoms with van der Waals surface area (Å²) in [5, 5.41) is 0.533. The minimum Gasteiger partial charge on any atom is -0.457 e. The first-order valence-corrected chi connectivity index (χ1v) is 6.54. The monoisotopic (exact) mass is 281 g/mol. The zero-order chi connectivity index (χ0) is 15.0. The maximum absolute atomic E-state index is 12.1. The quantitative estimate of drug-likeness (QED) is 0.733. The summed E-state index contributed by atoms with van der Waals surface area (Å²) in [6, 6.07) is 10.7. The summed E-state index contributed by atoms with van der Waals surface area (Å²) in [7, 11) is 1.67. The third kappa shape index (κ3) is 2.45. The van der Waals surface area contributed by atoms with E-state index in [-0.39, 0.29) is 5.56 Å². The minimum atomic E-state index is -0.0977. The number of nitrogen functional groups attached to an aromatic ring is 1. The van der Waals surface area contributed by atoms with Crippen molar-refractivity contribution in [1.29, 1.82) is 0 Å². The number of anilines is 1. The molecule has 21 heavy (non-hydrogen) atoms. The second-order valence-electron chi connectivity index (χ2n) is 4.97. The van der Waals surface area contributed by atoms with Crippen LogP contribution in [0, 0.1) is 6.92 Å². The zero-order valence-electron chi connectivity index (χ0n) is 11.8. The SMILES string of the molecule is Cc1cc(N)ccc1Oc1ccc2ncn(C)c(=O)c2c1. The molecule has 0 radical (unpaired) electrons. The van der Waals surface area contributed by atoms with Crippen LogP contribution in [-0.2, 0) is 7.05 Å². The van der Waals surface area contributed by atoms with Crippen LogP contribution in [0.15, 0.2) is 47.5 Å². The molecule has 3 aromatic rings. The second kappa shape index (κ2) is 4.94.